The summed E-state index contributed by atoms with van der Waals surface area (Å²) in [6.45, 7) is 5.60. The summed E-state index contributed by atoms with van der Waals surface area (Å²) in [6.07, 6.45) is 0.382. The van der Waals surface area contributed by atoms with Gasteiger partial charge in [0.25, 0.3) is 10.1 Å². The maximum atomic E-state index is 17.7. The molecule has 3 saturated carbocycles. The topological polar surface area (TPSA) is 133 Å². The molecular weight excluding hydrogens is 658 g/mol. The lowest BCUT2D eigenvalue weighted by molar-refractivity contribution is -0.225. The first-order valence-corrected chi connectivity index (χ1v) is 17.8. The number of benzene rings is 1. The van der Waals surface area contributed by atoms with Crippen LogP contribution in [0.2, 0.25) is 5.02 Å². The van der Waals surface area contributed by atoms with Crippen molar-refractivity contribution in [3.05, 3.63) is 53.1 Å². The largest absolute Gasteiger partial charge is 0.509 e. The molecule has 3 fully saturated rings. The molecule has 0 heterocycles. The van der Waals surface area contributed by atoms with Crippen LogP contribution in [0.3, 0.4) is 0 Å². The van der Waals surface area contributed by atoms with Crippen LogP contribution in [0.15, 0.2) is 53.0 Å². The summed E-state index contributed by atoms with van der Waals surface area (Å²) in [5, 5.41) is 12.0. The van der Waals surface area contributed by atoms with E-state index < -0.39 is 93.0 Å². The molecule has 5 rings (SSSR count). The van der Waals surface area contributed by atoms with Gasteiger partial charge in [-0.1, -0.05) is 51.3 Å². The number of Topliss-reactive ketones (excluding diaryl/α,β-unsaturated/α-hetero) is 1. The number of rotatable bonds is 10. The summed E-state index contributed by atoms with van der Waals surface area (Å²) in [7, 11) is -4.47. The molecule has 0 unspecified atom stereocenters. The number of unbranched alkanes of at least 4 members (excludes halogenated alkanes) is 2. The van der Waals surface area contributed by atoms with E-state index in [0.29, 0.717) is 6.42 Å². The lowest BCUT2D eigenvalue weighted by atomic mass is 9.44. The molecular formula is C34H41ClF2O9S. The van der Waals surface area contributed by atoms with Crippen molar-refractivity contribution in [3.63, 3.8) is 0 Å². The molecule has 1 N–H and O–H groups in total. The van der Waals surface area contributed by atoms with E-state index in [1.54, 1.807) is 13.8 Å². The Morgan fingerprint density at radius 3 is 2.45 bits per heavy atom. The van der Waals surface area contributed by atoms with Gasteiger partial charge in [0.15, 0.2) is 17.1 Å². The molecule has 0 aliphatic heterocycles. The number of hydrogen-bond acceptors (Lipinski definition) is 9. The van der Waals surface area contributed by atoms with Crippen LogP contribution in [0, 0.1) is 28.6 Å². The van der Waals surface area contributed by atoms with E-state index in [2.05, 4.69) is 0 Å². The second-order valence-corrected chi connectivity index (χ2v) is 15.8. The predicted octanol–water partition coefficient (Wildman–Crippen LogP) is 6.26. The Hall–Kier alpha value is -2.67. The van der Waals surface area contributed by atoms with Gasteiger partial charge in [0, 0.05) is 27.7 Å². The molecule has 9 nitrogen and oxygen atoms in total. The zero-order valence-electron chi connectivity index (χ0n) is 26.8. The Morgan fingerprint density at radius 2 is 1.79 bits per heavy atom. The molecule has 4 aliphatic rings. The Morgan fingerprint density at radius 1 is 1.11 bits per heavy atom. The second kappa shape index (κ2) is 12.7. The van der Waals surface area contributed by atoms with Gasteiger partial charge in [-0.05, 0) is 80.5 Å². The number of hydrogen-bond donors (Lipinski definition) is 1. The summed E-state index contributed by atoms with van der Waals surface area (Å²) < 4.78 is 76.1. The second-order valence-electron chi connectivity index (χ2n) is 13.7. The fraction of sp³-hybridized carbons (Fsp3) is 0.618. The first-order chi connectivity index (χ1) is 22.0. The molecule has 0 radical (unpaired) electrons. The van der Waals surface area contributed by atoms with Crippen LogP contribution in [0.4, 0.5) is 13.6 Å². The number of ether oxygens (including phenoxy) is 2. The van der Waals surface area contributed by atoms with E-state index in [0.717, 1.165) is 18.9 Å². The monoisotopic (exact) mass is 698 g/mol. The van der Waals surface area contributed by atoms with Crippen molar-refractivity contribution in [2.75, 3.05) is 13.2 Å². The van der Waals surface area contributed by atoms with Crippen molar-refractivity contribution in [3.8, 4) is 0 Å². The van der Waals surface area contributed by atoms with E-state index in [4.69, 9.17) is 25.3 Å². The zero-order valence-corrected chi connectivity index (χ0v) is 28.4. The molecule has 0 bridgehead atoms. The third kappa shape index (κ3) is 5.56. The van der Waals surface area contributed by atoms with Gasteiger partial charge in [-0.15, -0.1) is 0 Å². The van der Waals surface area contributed by atoms with Crippen LogP contribution in [0.25, 0.3) is 0 Å². The molecule has 9 atom stereocenters. The van der Waals surface area contributed by atoms with Crippen LogP contribution < -0.4 is 0 Å². The van der Waals surface area contributed by atoms with Crippen molar-refractivity contribution >= 4 is 39.4 Å². The molecule has 258 valence electrons. The number of ketones is 2. The van der Waals surface area contributed by atoms with Crippen LogP contribution in [-0.2, 0) is 33.4 Å². The Balaban J connectivity index is 1.54. The van der Waals surface area contributed by atoms with Gasteiger partial charge in [-0.3, -0.25) is 13.8 Å². The summed E-state index contributed by atoms with van der Waals surface area (Å²) in [5.74, 6) is -4.20. The van der Waals surface area contributed by atoms with E-state index >= 15 is 8.78 Å². The van der Waals surface area contributed by atoms with Gasteiger partial charge in [-0.2, -0.15) is 8.42 Å². The molecule has 1 aromatic carbocycles. The number of allylic oxidation sites excluding steroid dienone is 4. The van der Waals surface area contributed by atoms with Crippen LogP contribution in [0.1, 0.15) is 66.2 Å². The first kappa shape index (κ1) is 35.6. The highest BCUT2D eigenvalue weighted by atomic mass is 35.5. The number of halogens is 3. The smallest absolute Gasteiger partial charge is 0.434 e. The summed E-state index contributed by atoms with van der Waals surface area (Å²) in [5.41, 5.74) is -7.76. The molecule has 0 aromatic heterocycles. The van der Waals surface area contributed by atoms with Crippen molar-refractivity contribution in [2.24, 2.45) is 28.6 Å². The Bertz CT molecular complexity index is 1600. The van der Waals surface area contributed by atoms with E-state index in [1.165, 1.54) is 43.3 Å². The fourth-order valence-electron chi connectivity index (χ4n) is 8.97. The minimum Gasteiger partial charge on any atom is -0.434 e. The third-order valence-corrected chi connectivity index (χ3v) is 12.8. The third-order valence-electron chi connectivity index (χ3n) is 11.2. The standard InChI is InChI=1S/C34H41ClF2O9S/c1-5-6-7-14-44-30(41)46-34(29(40)19-45-47(42,43)23-10-8-21(35)9-11-23)20(2)15-24-25-17-27(36)26-16-22(38)12-13-31(26,3)33(25,37)28(39)18-32(24,34)4/h8-13,16,20,24-25,27-28,39H,5-7,14-15,17-19H2,1-4H3/t20-,24+,25+,27+,28+,31+,32+,33+,34+/m1/s1. The van der Waals surface area contributed by atoms with E-state index in [1.807, 2.05) is 6.92 Å². The van der Waals surface area contributed by atoms with Gasteiger partial charge in [0.2, 0.25) is 5.78 Å². The van der Waals surface area contributed by atoms with E-state index in [-0.39, 0.29) is 34.9 Å². The van der Waals surface area contributed by atoms with Crippen molar-refractivity contribution in [1.29, 1.82) is 0 Å². The van der Waals surface area contributed by atoms with Gasteiger partial charge in [0.1, 0.15) is 12.8 Å². The highest BCUT2D eigenvalue weighted by Crippen LogP contribution is 2.71. The minimum absolute atomic E-state index is 0.00775. The Labute approximate surface area is 278 Å². The SMILES string of the molecule is CCCCCOC(=O)O[C@]1(C(=O)COS(=O)(=O)c2ccc(Cl)cc2)[C@H](C)C[C@H]2[C@@H]3C[C@H](F)C4=CC(=O)C=C[C@]4(C)[C@@]3(F)[C@@H](O)C[C@@]21C. The lowest BCUT2D eigenvalue weighted by Crippen LogP contribution is -2.71. The number of aliphatic hydroxyl groups is 1. The minimum atomic E-state index is -4.47. The average molecular weight is 699 g/mol. The number of fused-ring (bicyclic) bond motifs is 5. The Kier molecular flexibility index (Phi) is 9.59. The van der Waals surface area contributed by atoms with Crippen molar-refractivity contribution in [2.45, 2.75) is 94.7 Å². The maximum absolute atomic E-state index is 17.7. The number of aliphatic hydroxyl groups excluding tert-OH is 1. The molecule has 0 spiro atoms. The maximum Gasteiger partial charge on any atom is 0.509 e. The predicted molar refractivity (Wildman–Crippen MR) is 167 cm³/mol. The molecule has 0 saturated heterocycles. The van der Waals surface area contributed by atoms with Crippen molar-refractivity contribution in [1.82, 2.24) is 0 Å². The number of alkyl halides is 2. The number of carbonyl (C=O) groups excluding carboxylic acids is 3. The highest BCUT2D eigenvalue weighted by molar-refractivity contribution is 7.86. The molecule has 0 amide bonds. The molecule has 4 aliphatic carbocycles. The first-order valence-electron chi connectivity index (χ1n) is 16.0. The van der Waals surface area contributed by atoms with Crippen LogP contribution >= 0.6 is 11.6 Å². The van der Waals surface area contributed by atoms with Gasteiger partial charge < -0.3 is 14.6 Å². The molecule has 13 heteroatoms. The number of carbonyl (C=O) groups is 3. The zero-order chi connectivity index (χ0) is 34.6. The van der Waals surface area contributed by atoms with Crippen molar-refractivity contribution < 1.29 is 50.3 Å². The highest BCUT2D eigenvalue weighted by Gasteiger charge is 2.78. The summed E-state index contributed by atoms with van der Waals surface area (Å²) in [6, 6.07) is 5.11. The van der Waals surface area contributed by atoms with Crippen LogP contribution in [0.5, 0.6) is 0 Å². The van der Waals surface area contributed by atoms with E-state index in [9.17, 15) is 27.9 Å². The molecule has 1 aromatic rings. The summed E-state index contributed by atoms with van der Waals surface area (Å²) >= 11 is 5.88. The van der Waals surface area contributed by atoms with Gasteiger partial charge in [-0.25, -0.2) is 13.6 Å². The van der Waals surface area contributed by atoms with Crippen LogP contribution in [-0.4, -0.2) is 68.0 Å². The van der Waals surface area contributed by atoms with Gasteiger partial charge >= 0.3 is 6.16 Å². The average Bonchev–Trinajstić information content (AvgIpc) is 3.23. The quantitative estimate of drug-likeness (QED) is 0.171. The normalized spacial score (nSPS) is 37.7. The van der Waals surface area contributed by atoms with Gasteiger partial charge in [0.05, 0.1) is 17.6 Å². The molecule has 47 heavy (non-hydrogen) atoms. The fourth-order valence-corrected chi connectivity index (χ4v) is 9.96. The summed E-state index contributed by atoms with van der Waals surface area (Å²) in [4.78, 5) is 39.5. The lowest BCUT2D eigenvalue weighted by Gasteiger charge is -2.63.